The lowest BCUT2D eigenvalue weighted by atomic mass is 9.66. The summed E-state index contributed by atoms with van der Waals surface area (Å²) in [7, 11) is 2.84. The van der Waals surface area contributed by atoms with Crippen molar-refractivity contribution in [2.45, 2.75) is 27.7 Å². The van der Waals surface area contributed by atoms with Crippen molar-refractivity contribution in [1.82, 2.24) is 0 Å². The molecule has 1 N–H and O–H groups in total. The highest BCUT2D eigenvalue weighted by molar-refractivity contribution is 6.04. The Morgan fingerprint density at radius 3 is 2.32 bits per heavy atom. The van der Waals surface area contributed by atoms with Crippen LogP contribution in [0.15, 0.2) is 52.8 Å². The number of benzene rings is 1. The third-order valence-electron chi connectivity index (χ3n) is 5.46. The van der Waals surface area contributed by atoms with Gasteiger partial charge in [0.25, 0.3) is 0 Å². The van der Waals surface area contributed by atoms with E-state index in [2.05, 4.69) is 0 Å². The van der Waals surface area contributed by atoms with Crippen LogP contribution < -0.4 is 4.74 Å². The maximum Gasteiger partial charge on any atom is 0.336 e. The Bertz CT molecular complexity index is 906. The Morgan fingerprint density at radius 1 is 1.18 bits per heavy atom. The van der Waals surface area contributed by atoms with Crippen molar-refractivity contribution in [2.75, 3.05) is 14.2 Å². The normalized spacial score (nSPS) is 19.2. The van der Waals surface area contributed by atoms with Crippen molar-refractivity contribution in [2.24, 2.45) is 11.3 Å². The summed E-state index contributed by atoms with van der Waals surface area (Å²) in [6, 6.07) is 4.02. The number of allylic oxidation sites excluding steroid dienone is 3. The highest BCUT2D eigenvalue weighted by atomic mass is 19.1. The molecule has 2 rings (SSSR count). The fraction of sp³-hybridized carbons (Fsp3) is 0.364. The fourth-order valence-corrected chi connectivity index (χ4v) is 3.55. The van der Waals surface area contributed by atoms with Crippen molar-refractivity contribution in [3.05, 3.63) is 64.2 Å². The predicted molar refractivity (Wildman–Crippen MR) is 104 cm³/mol. The molecule has 150 valence electrons. The number of carbonyl (C=O) groups is 2. The smallest absolute Gasteiger partial charge is 0.336 e. The van der Waals surface area contributed by atoms with Gasteiger partial charge >= 0.3 is 5.97 Å². The van der Waals surface area contributed by atoms with Crippen LogP contribution in [0, 0.1) is 17.2 Å². The molecular weight excluding hydrogens is 363 g/mol. The molecule has 0 fully saturated rings. The topological polar surface area (TPSA) is 72.8 Å². The van der Waals surface area contributed by atoms with Crippen LogP contribution in [0.1, 0.15) is 38.1 Å². The zero-order valence-corrected chi connectivity index (χ0v) is 16.9. The Kier molecular flexibility index (Phi) is 6.12. The van der Waals surface area contributed by atoms with Gasteiger partial charge in [0.15, 0.2) is 17.3 Å². The minimum Gasteiger partial charge on any atom is -0.500 e. The molecule has 0 aliphatic heterocycles. The molecule has 6 heteroatoms. The monoisotopic (exact) mass is 388 g/mol. The number of halogens is 1. The fourth-order valence-electron chi connectivity index (χ4n) is 3.55. The van der Waals surface area contributed by atoms with Gasteiger partial charge in [-0.3, -0.25) is 4.79 Å². The van der Waals surface area contributed by atoms with Crippen molar-refractivity contribution in [1.29, 1.82) is 0 Å². The molecule has 0 heterocycles. The van der Waals surface area contributed by atoms with E-state index in [1.54, 1.807) is 19.9 Å². The SMILES string of the molecule is COC1=C(C)C(C(=O)O)=C(C)C(C)(C)C1C=CC(=O)c1ccc(OC)c(F)c1. The van der Waals surface area contributed by atoms with Gasteiger partial charge in [-0.15, -0.1) is 0 Å². The maximum absolute atomic E-state index is 13.9. The van der Waals surface area contributed by atoms with Crippen molar-refractivity contribution >= 4 is 11.8 Å². The summed E-state index contributed by atoms with van der Waals surface area (Å²) >= 11 is 0. The van der Waals surface area contributed by atoms with Crippen molar-refractivity contribution in [3.8, 4) is 5.75 Å². The largest absolute Gasteiger partial charge is 0.500 e. The van der Waals surface area contributed by atoms with Gasteiger partial charge in [0.2, 0.25) is 0 Å². The Morgan fingerprint density at radius 2 is 1.82 bits per heavy atom. The van der Waals surface area contributed by atoms with Crippen LogP contribution in [-0.4, -0.2) is 31.1 Å². The molecule has 0 saturated carbocycles. The number of ketones is 1. The molecule has 1 aliphatic carbocycles. The van der Waals surface area contributed by atoms with E-state index in [0.717, 1.165) is 6.07 Å². The van der Waals surface area contributed by atoms with Gasteiger partial charge in [-0.1, -0.05) is 25.5 Å². The lowest BCUT2D eigenvalue weighted by Crippen LogP contribution is -2.33. The lowest BCUT2D eigenvalue weighted by Gasteiger charge is -2.40. The second-order valence-corrected chi connectivity index (χ2v) is 7.27. The maximum atomic E-state index is 13.9. The van der Waals surface area contributed by atoms with Crippen LogP contribution in [0.4, 0.5) is 4.39 Å². The molecule has 0 aromatic heterocycles. The quantitative estimate of drug-likeness (QED) is 0.572. The molecule has 1 atom stereocenters. The van der Waals surface area contributed by atoms with Crippen LogP contribution in [0.5, 0.6) is 5.75 Å². The van der Waals surface area contributed by atoms with Crippen molar-refractivity contribution in [3.63, 3.8) is 0 Å². The summed E-state index contributed by atoms with van der Waals surface area (Å²) in [5, 5.41) is 9.58. The average molecular weight is 388 g/mol. The molecule has 0 amide bonds. The number of hydrogen-bond donors (Lipinski definition) is 1. The first kappa shape index (κ1) is 21.4. The van der Waals surface area contributed by atoms with Gasteiger partial charge in [0, 0.05) is 17.1 Å². The molecule has 0 radical (unpaired) electrons. The highest BCUT2D eigenvalue weighted by Crippen LogP contribution is 2.48. The molecule has 5 nitrogen and oxygen atoms in total. The van der Waals surface area contributed by atoms with Crippen molar-refractivity contribution < 1.29 is 28.6 Å². The van der Waals surface area contributed by atoms with E-state index in [-0.39, 0.29) is 28.6 Å². The van der Waals surface area contributed by atoms with Gasteiger partial charge < -0.3 is 14.6 Å². The van der Waals surface area contributed by atoms with Crippen LogP contribution in [0.3, 0.4) is 0 Å². The first-order valence-electron chi connectivity index (χ1n) is 8.82. The summed E-state index contributed by atoms with van der Waals surface area (Å²) in [5.41, 5.74) is 1.08. The number of carboxylic acid groups (broad SMARTS) is 1. The molecule has 1 aromatic carbocycles. The number of rotatable bonds is 6. The Balaban J connectivity index is 2.43. The average Bonchev–Trinajstić information content (AvgIpc) is 2.63. The van der Waals surface area contributed by atoms with E-state index < -0.39 is 17.2 Å². The number of hydrogen-bond acceptors (Lipinski definition) is 4. The Labute approximate surface area is 164 Å². The molecule has 0 spiro atoms. The number of carbonyl (C=O) groups excluding carboxylic acids is 1. The minimum absolute atomic E-state index is 0.0659. The van der Waals surface area contributed by atoms with Gasteiger partial charge in [0.1, 0.15) is 5.76 Å². The molecule has 1 aliphatic rings. The van der Waals surface area contributed by atoms with Crippen LogP contribution in [0.25, 0.3) is 0 Å². The first-order valence-corrected chi connectivity index (χ1v) is 8.82. The van der Waals surface area contributed by atoms with Crippen LogP contribution in [-0.2, 0) is 9.53 Å². The van der Waals surface area contributed by atoms with E-state index in [4.69, 9.17) is 9.47 Å². The number of carboxylic acids is 1. The van der Waals surface area contributed by atoms with Crippen LogP contribution in [0.2, 0.25) is 0 Å². The van der Waals surface area contributed by atoms with E-state index in [1.165, 1.54) is 32.4 Å². The van der Waals surface area contributed by atoms with E-state index in [9.17, 15) is 19.1 Å². The number of aliphatic carboxylic acids is 1. The summed E-state index contributed by atoms with van der Waals surface area (Å²) in [5.74, 6) is -1.76. The molecular formula is C22H25FO5. The molecule has 1 unspecified atom stereocenters. The van der Waals surface area contributed by atoms with Gasteiger partial charge in [-0.05, 0) is 43.5 Å². The number of methoxy groups -OCH3 is 2. The van der Waals surface area contributed by atoms with Crippen LogP contribution >= 0.6 is 0 Å². The highest BCUT2D eigenvalue weighted by Gasteiger charge is 2.41. The minimum atomic E-state index is -1.01. The van der Waals surface area contributed by atoms with E-state index in [1.807, 2.05) is 13.8 Å². The third-order valence-corrected chi connectivity index (χ3v) is 5.46. The lowest BCUT2D eigenvalue weighted by molar-refractivity contribution is -0.132. The molecule has 28 heavy (non-hydrogen) atoms. The van der Waals surface area contributed by atoms with Gasteiger partial charge in [-0.25, -0.2) is 9.18 Å². The third kappa shape index (κ3) is 3.72. The number of ether oxygens (including phenoxy) is 2. The summed E-state index contributed by atoms with van der Waals surface area (Å²) in [4.78, 5) is 24.2. The zero-order chi connectivity index (χ0) is 21.2. The molecule has 0 bridgehead atoms. The zero-order valence-electron chi connectivity index (χ0n) is 16.9. The standard InChI is InChI=1S/C22H25FO5/c1-12-19(21(25)26)13(2)22(3,4)15(20(12)28-6)8-9-17(24)14-7-10-18(27-5)16(23)11-14/h7-11,15H,1-6H3,(H,25,26). The van der Waals surface area contributed by atoms with Gasteiger partial charge in [0.05, 0.1) is 19.8 Å². The van der Waals surface area contributed by atoms with E-state index in [0.29, 0.717) is 16.9 Å². The van der Waals surface area contributed by atoms with E-state index >= 15 is 0 Å². The second kappa shape index (κ2) is 8.00. The Hall–Kier alpha value is -2.89. The summed E-state index contributed by atoms with van der Waals surface area (Å²) in [6.45, 7) is 7.29. The molecule has 0 saturated heterocycles. The predicted octanol–water partition coefficient (Wildman–Crippen LogP) is 4.55. The van der Waals surface area contributed by atoms with Gasteiger partial charge in [-0.2, -0.15) is 0 Å². The first-order chi connectivity index (χ1) is 13.1. The molecule has 1 aromatic rings. The summed E-state index contributed by atoms with van der Waals surface area (Å²) < 4.78 is 24.3. The summed E-state index contributed by atoms with van der Waals surface area (Å²) in [6.07, 6.45) is 3.06. The second-order valence-electron chi connectivity index (χ2n) is 7.27.